The predicted molar refractivity (Wildman–Crippen MR) is 202 cm³/mol. The molecule has 13 heteroatoms. The van der Waals surface area contributed by atoms with Gasteiger partial charge in [0.1, 0.15) is 17.3 Å². The zero-order valence-corrected chi connectivity index (χ0v) is 29.0. The number of nitrogen functional groups attached to an aromatic ring is 1. The molecule has 0 radical (unpaired) electrons. The molecule has 0 saturated carbocycles. The molecular weight excluding hydrogens is 700 g/mol. The number of imide groups is 2. The van der Waals surface area contributed by atoms with Crippen molar-refractivity contribution >= 4 is 58.2 Å². The fourth-order valence-electron chi connectivity index (χ4n) is 6.30. The molecule has 0 saturated heterocycles. The highest BCUT2D eigenvalue weighted by molar-refractivity contribution is 6.35. The van der Waals surface area contributed by atoms with Gasteiger partial charge in [0.05, 0.1) is 45.5 Å². The zero-order chi connectivity index (χ0) is 38.4. The van der Waals surface area contributed by atoms with Crippen LogP contribution < -0.4 is 25.6 Å². The normalized spacial score (nSPS) is 13.2. The molecule has 2 aliphatic rings. The van der Waals surface area contributed by atoms with Gasteiger partial charge in [-0.05, 0) is 110 Å². The number of nitrogens with zero attached hydrogens (tertiary/aromatic N) is 4. The number of aryl methyl sites for hydroxylation is 1. The van der Waals surface area contributed by atoms with Gasteiger partial charge >= 0.3 is 0 Å². The van der Waals surface area contributed by atoms with E-state index in [1.54, 1.807) is 72.9 Å². The van der Waals surface area contributed by atoms with Crippen molar-refractivity contribution in [3.63, 3.8) is 0 Å². The van der Waals surface area contributed by atoms with Crippen molar-refractivity contribution < 1.29 is 33.5 Å². The molecule has 0 spiro atoms. The number of carbonyl (C=O) groups is 6. The number of nitrogens with two attached hydrogens (primary N) is 1. The van der Waals surface area contributed by atoms with Gasteiger partial charge in [-0.2, -0.15) is 0 Å². The second-order valence-electron chi connectivity index (χ2n) is 12.8. The molecule has 2 aromatic heterocycles. The zero-order valence-electron chi connectivity index (χ0n) is 29.0. The van der Waals surface area contributed by atoms with Crippen molar-refractivity contribution in [2.45, 2.75) is 13.3 Å². The third-order valence-corrected chi connectivity index (χ3v) is 9.16. The average molecular weight is 729 g/mol. The minimum absolute atomic E-state index is 0.0939. The average Bonchev–Trinajstić information content (AvgIpc) is 3.60. The van der Waals surface area contributed by atoms with Gasteiger partial charge in [0.15, 0.2) is 5.78 Å². The lowest BCUT2D eigenvalue weighted by Crippen LogP contribution is -2.29. The summed E-state index contributed by atoms with van der Waals surface area (Å²) in [6, 6.07) is 28.2. The molecule has 0 fully saturated rings. The number of nitrogens with one attached hydrogen (secondary N) is 1. The summed E-state index contributed by atoms with van der Waals surface area (Å²) < 4.78 is 5.96. The first kappa shape index (κ1) is 34.3. The lowest BCUT2D eigenvalue weighted by Gasteiger charge is -2.16. The van der Waals surface area contributed by atoms with Crippen molar-refractivity contribution in [2.24, 2.45) is 0 Å². The maximum atomic E-state index is 13.4. The number of hydrogen-bond donors (Lipinski definition) is 2. The van der Waals surface area contributed by atoms with Crippen LogP contribution in [0.25, 0.3) is 0 Å². The second kappa shape index (κ2) is 13.6. The Kier molecular flexibility index (Phi) is 8.50. The van der Waals surface area contributed by atoms with E-state index in [1.165, 1.54) is 36.5 Å². The Morgan fingerprint density at radius 3 is 1.69 bits per heavy atom. The van der Waals surface area contributed by atoms with Crippen LogP contribution in [-0.4, -0.2) is 45.3 Å². The van der Waals surface area contributed by atoms with Crippen LogP contribution in [0.15, 0.2) is 122 Å². The molecule has 0 aliphatic carbocycles. The largest absolute Gasteiger partial charge is 0.457 e. The van der Waals surface area contributed by atoms with Gasteiger partial charge in [-0.15, -0.1) is 0 Å². The van der Waals surface area contributed by atoms with E-state index in [9.17, 15) is 28.8 Å². The van der Waals surface area contributed by atoms with E-state index in [0.29, 0.717) is 39.9 Å². The molecule has 5 amide bonds. The van der Waals surface area contributed by atoms with Gasteiger partial charge in [0.25, 0.3) is 29.5 Å². The predicted octanol–water partition coefficient (Wildman–Crippen LogP) is 6.44. The van der Waals surface area contributed by atoms with Crippen LogP contribution in [0.2, 0.25) is 0 Å². The summed E-state index contributed by atoms with van der Waals surface area (Å²) in [6.45, 7) is 1.86. The molecule has 6 aromatic rings. The number of amides is 5. The first-order valence-electron chi connectivity index (χ1n) is 17.0. The SMILES string of the molecule is Cc1ccc(CC(=O)c2ccc3c(c2)C(=O)N(c2ccc(Oc4ccc(N5C(=O)c6ccc(C(=O)Nc7ccc(N)nc7)cc6C5=O)cc4)cc2)C3=O)cn1. The number of hydrogen-bond acceptors (Lipinski definition) is 10. The van der Waals surface area contributed by atoms with Crippen molar-refractivity contribution in [3.8, 4) is 11.5 Å². The molecule has 0 atom stereocenters. The number of rotatable bonds is 9. The Balaban J connectivity index is 0.918. The number of aromatic nitrogens is 2. The smallest absolute Gasteiger partial charge is 0.266 e. The molecule has 13 nitrogen and oxygen atoms in total. The van der Waals surface area contributed by atoms with Gasteiger partial charge in [-0.1, -0.05) is 12.1 Å². The Hall–Kier alpha value is -7.80. The second-order valence-corrected chi connectivity index (χ2v) is 12.8. The number of carbonyl (C=O) groups excluding carboxylic acids is 6. The van der Waals surface area contributed by atoms with Crippen molar-refractivity contribution in [1.82, 2.24) is 9.97 Å². The molecule has 2 aliphatic heterocycles. The molecule has 0 unspecified atom stereocenters. The quantitative estimate of drug-likeness (QED) is 0.124. The van der Waals surface area contributed by atoms with E-state index >= 15 is 0 Å². The maximum absolute atomic E-state index is 13.4. The molecule has 4 aromatic carbocycles. The Morgan fingerprint density at radius 1 is 0.618 bits per heavy atom. The molecule has 55 heavy (non-hydrogen) atoms. The highest BCUT2D eigenvalue weighted by atomic mass is 16.5. The number of anilines is 4. The van der Waals surface area contributed by atoms with Crippen LogP contribution in [-0.2, 0) is 6.42 Å². The number of fused-ring (bicyclic) bond motifs is 2. The van der Waals surface area contributed by atoms with Gasteiger partial charge in [0.2, 0.25) is 0 Å². The first-order chi connectivity index (χ1) is 26.5. The molecule has 4 heterocycles. The molecule has 3 N–H and O–H groups in total. The number of ether oxygens (including phenoxy) is 1. The highest BCUT2D eigenvalue weighted by Crippen LogP contribution is 2.34. The van der Waals surface area contributed by atoms with Crippen LogP contribution >= 0.6 is 0 Å². The van der Waals surface area contributed by atoms with E-state index in [-0.39, 0.29) is 40.0 Å². The van der Waals surface area contributed by atoms with Crippen LogP contribution in [0.4, 0.5) is 22.9 Å². The third-order valence-electron chi connectivity index (χ3n) is 9.16. The molecular formula is C42H28N6O7. The summed E-state index contributed by atoms with van der Waals surface area (Å²) in [5, 5.41) is 2.68. The van der Waals surface area contributed by atoms with Gasteiger partial charge in [-0.25, -0.2) is 14.8 Å². The van der Waals surface area contributed by atoms with E-state index in [2.05, 4.69) is 15.3 Å². The number of pyridine rings is 2. The summed E-state index contributed by atoms with van der Waals surface area (Å²) in [6.07, 6.45) is 3.16. The molecule has 0 bridgehead atoms. The van der Waals surface area contributed by atoms with Crippen LogP contribution in [0.3, 0.4) is 0 Å². The lowest BCUT2D eigenvalue weighted by atomic mass is 9.99. The van der Waals surface area contributed by atoms with Crippen LogP contribution in [0.1, 0.15) is 73.4 Å². The van der Waals surface area contributed by atoms with E-state index < -0.39 is 29.5 Å². The maximum Gasteiger partial charge on any atom is 0.266 e. The van der Waals surface area contributed by atoms with Gasteiger partial charge in [-0.3, -0.25) is 33.8 Å². The van der Waals surface area contributed by atoms with Gasteiger partial charge in [0, 0.05) is 29.4 Å². The standard InChI is InChI=1S/C42H28N6O7/c1-23-2-3-24(21-44-23)18-36(49)25-4-15-32-34(19-25)41(53)47(39(32)51)28-7-11-30(12-8-28)55-31-13-9-29(10-14-31)48-40(52)33-16-5-26(20-35(33)42(48)54)38(50)46-27-6-17-37(43)45-22-27/h2-17,19-22H,18H2,1H3,(H2,43,45)(H,46,50). The summed E-state index contributed by atoms with van der Waals surface area (Å²) in [4.78, 5) is 89.4. The van der Waals surface area contributed by atoms with Crippen molar-refractivity contribution in [3.05, 3.63) is 166 Å². The summed E-state index contributed by atoms with van der Waals surface area (Å²) >= 11 is 0. The Morgan fingerprint density at radius 2 is 1.16 bits per heavy atom. The third kappa shape index (κ3) is 6.46. The fourth-order valence-corrected chi connectivity index (χ4v) is 6.30. The highest BCUT2D eigenvalue weighted by Gasteiger charge is 2.38. The number of ketones is 1. The topological polar surface area (TPSA) is 182 Å². The number of Topliss-reactive ketones (excluding diaryl/α,β-unsaturated/α-hetero) is 1. The van der Waals surface area contributed by atoms with Crippen LogP contribution in [0, 0.1) is 6.92 Å². The van der Waals surface area contributed by atoms with E-state index in [1.807, 2.05) is 19.1 Å². The Bertz CT molecular complexity index is 2410. The summed E-state index contributed by atoms with van der Waals surface area (Å²) in [5.41, 5.74) is 9.34. The van der Waals surface area contributed by atoms with Crippen LogP contribution in [0.5, 0.6) is 11.5 Å². The number of benzene rings is 4. The molecule has 8 rings (SSSR count). The van der Waals surface area contributed by atoms with E-state index in [0.717, 1.165) is 21.1 Å². The Labute approximate surface area is 313 Å². The van der Waals surface area contributed by atoms with Crippen molar-refractivity contribution in [1.29, 1.82) is 0 Å². The lowest BCUT2D eigenvalue weighted by molar-refractivity contribution is 0.0910. The first-order valence-corrected chi connectivity index (χ1v) is 17.0. The minimum atomic E-state index is -0.580. The van der Waals surface area contributed by atoms with Gasteiger partial charge < -0.3 is 15.8 Å². The molecule has 268 valence electrons. The van der Waals surface area contributed by atoms with E-state index in [4.69, 9.17) is 10.5 Å². The monoisotopic (exact) mass is 728 g/mol. The minimum Gasteiger partial charge on any atom is -0.457 e. The fraction of sp³-hybridized carbons (Fsp3) is 0.0476. The summed E-state index contributed by atoms with van der Waals surface area (Å²) in [5.74, 6) is -1.75. The summed E-state index contributed by atoms with van der Waals surface area (Å²) in [7, 11) is 0. The van der Waals surface area contributed by atoms with Crippen molar-refractivity contribution in [2.75, 3.05) is 20.9 Å².